The average Bonchev–Trinajstić information content (AvgIpc) is 3.39. The fourth-order valence-corrected chi connectivity index (χ4v) is 5.69. The summed E-state index contributed by atoms with van der Waals surface area (Å²) in [5, 5.41) is 24.7. The van der Waals surface area contributed by atoms with Crippen LogP contribution in [0.25, 0.3) is 0 Å². The van der Waals surface area contributed by atoms with Crippen molar-refractivity contribution in [3.05, 3.63) is 77.2 Å². The number of aryl methyl sites for hydroxylation is 1. The average molecular weight is 523 g/mol. The molecule has 3 unspecified atom stereocenters. The topological polar surface area (TPSA) is 126 Å². The van der Waals surface area contributed by atoms with Crippen molar-refractivity contribution in [1.29, 1.82) is 0 Å². The Morgan fingerprint density at radius 1 is 1.22 bits per heavy atom. The fraction of sp³-hybridized carbons (Fsp3) is 0.320. The standard InChI is InChI=1S/C25H26N6O3S2/c1-15(18-5-2-3-8-27-18)36-16-9-23(34-22-7-4-6-19-17(22)11-26-14-29-19)24(28-10-16)31-25-30-20(13-35-25)21(33)12-32/h2-3,5,8-11,13-15,21-22,32-33H,4,6-7,12H2,1H3,(H,28,30,31). The zero-order chi connectivity index (χ0) is 24.9. The number of hydrogen-bond acceptors (Lipinski definition) is 11. The molecule has 4 heterocycles. The zero-order valence-corrected chi connectivity index (χ0v) is 21.2. The van der Waals surface area contributed by atoms with Gasteiger partial charge in [0.25, 0.3) is 0 Å². The van der Waals surface area contributed by atoms with Crippen LogP contribution in [-0.2, 0) is 6.42 Å². The zero-order valence-electron chi connectivity index (χ0n) is 19.6. The maximum Gasteiger partial charge on any atom is 0.188 e. The van der Waals surface area contributed by atoms with Crippen molar-refractivity contribution < 1.29 is 14.9 Å². The summed E-state index contributed by atoms with van der Waals surface area (Å²) in [5.41, 5.74) is 3.41. The van der Waals surface area contributed by atoms with Crippen molar-refractivity contribution >= 4 is 34.0 Å². The molecular formula is C25H26N6O3S2. The number of thioether (sulfide) groups is 1. The van der Waals surface area contributed by atoms with E-state index in [1.54, 1.807) is 35.9 Å². The largest absolute Gasteiger partial charge is 0.482 e. The molecule has 1 aliphatic rings. The molecular weight excluding hydrogens is 496 g/mol. The minimum atomic E-state index is -1.02. The lowest BCUT2D eigenvalue weighted by atomic mass is 9.94. The van der Waals surface area contributed by atoms with Gasteiger partial charge in [0.05, 0.1) is 23.7 Å². The summed E-state index contributed by atoms with van der Waals surface area (Å²) in [5.74, 6) is 1.11. The summed E-state index contributed by atoms with van der Waals surface area (Å²) in [6.07, 6.45) is 8.54. The van der Waals surface area contributed by atoms with Crippen molar-refractivity contribution in [2.45, 2.75) is 48.5 Å². The van der Waals surface area contributed by atoms with Gasteiger partial charge in [0, 0.05) is 39.7 Å². The summed E-state index contributed by atoms with van der Waals surface area (Å²) in [6, 6.07) is 7.88. The van der Waals surface area contributed by atoms with Gasteiger partial charge in [0.2, 0.25) is 0 Å². The minimum absolute atomic E-state index is 0.130. The number of aliphatic hydroxyl groups excluding tert-OH is 2. The summed E-state index contributed by atoms with van der Waals surface area (Å²) >= 11 is 2.97. The van der Waals surface area contributed by atoms with Gasteiger partial charge < -0.3 is 20.3 Å². The van der Waals surface area contributed by atoms with E-state index in [2.05, 4.69) is 37.2 Å². The number of anilines is 2. The molecule has 0 saturated heterocycles. The van der Waals surface area contributed by atoms with Crippen LogP contribution in [0, 0.1) is 0 Å². The van der Waals surface area contributed by atoms with Crippen LogP contribution in [0.1, 0.15) is 59.9 Å². The lowest BCUT2D eigenvalue weighted by Gasteiger charge is -2.26. The SMILES string of the molecule is CC(Sc1cnc(Nc2nc(C(O)CO)cs2)c(OC2CCCc3ncncc32)c1)c1ccccn1. The molecule has 3 atom stereocenters. The van der Waals surface area contributed by atoms with Crippen molar-refractivity contribution in [3.8, 4) is 5.75 Å². The Bertz CT molecular complexity index is 1310. The molecule has 11 heteroatoms. The highest BCUT2D eigenvalue weighted by Gasteiger charge is 2.25. The van der Waals surface area contributed by atoms with Crippen LogP contribution in [0.3, 0.4) is 0 Å². The number of nitrogens with one attached hydrogen (secondary N) is 1. The molecule has 0 spiro atoms. The third kappa shape index (κ3) is 5.65. The molecule has 0 radical (unpaired) electrons. The van der Waals surface area contributed by atoms with Gasteiger partial charge in [0.15, 0.2) is 16.7 Å². The Morgan fingerprint density at radius 3 is 2.97 bits per heavy atom. The van der Waals surface area contributed by atoms with Crippen LogP contribution in [0.4, 0.5) is 10.9 Å². The Balaban J connectivity index is 1.43. The van der Waals surface area contributed by atoms with Crippen LogP contribution in [0.2, 0.25) is 0 Å². The molecule has 186 valence electrons. The second-order valence-corrected chi connectivity index (χ2v) is 10.6. The second-order valence-electron chi connectivity index (χ2n) is 8.36. The third-order valence-electron chi connectivity index (χ3n) is 5.83. The Morgan fingerprint density at radius 2 is 2.14 bits per heavy atom. The quantitative estimate of drug-likeness (QED) is 0.264. The molecule has 4 aromatic heterocycles. The molecule has 5 rings (SSSR count). The normalized spacial score (nSPS) is 16.7. The third-order valence-corrected chi connectivity index (χ3v) is 7.70. The first-order chi connectivity index (χ1) is 17.6. The number of thiazole rings is 1. The minimum Gasteiger partial charge on any atom is -0.482 e. The van der Waals surface area contributed by atoms with E-state index in [-0.39, 0.29) is 18.0 Å². The molecule has 9 nitrogen and oxygen atoms in total. The van der Waals surface area contributed by atoms with Gasteiger partial charge in [-0.25, -0.2) is 19.9 Å². The van der Waals surface area contributed by atoms with Crippen LogP contribution >= 0.6 is 23.1 Å². The Labute approximate surface area is 217 Å². The van der Waals surface area contributed by atoms with Crippen LogP contribution in [0.15, 0.2) is 59.5 Å². The molecule has 0 aliphatic heterocycles. The Hall–Kier alpha value is -3.12. The smallest absolute Gasteiger partial charge is 0.188 e. The number of rotatable bonds is 9. The van der Waals surface area contributed by atoms with E-state index in [1.165, 1.54) is 11.3 Å². The number of fused-ring (bicyclic) bond motifs is 1. The number of hydrogen-bond donors (Lipinski definition) is 3. The maximum atomic E-state index is 9.89. The van der Waals surface area contributed by atoms with Crippen molar-refractivity contribution in [1.82, 2.24) is 24.9 Å². The van der Waals surface area contributed by atoms with Gasteiger partial charge in [-0.3, -0.25) is 4.98 Å². The second kappa shape index (κ2) is 11.3. The molecule has 0 saturated carbocycles. The first kappa shape index (κ1) is 24.6. The van der Waals surface area contributed by atoms with Crippen LogP contribution in [-0.4, -0.2) is 41.7 Å². The van der Waals surface area contributed by atoms with E-state index in [1.807, 2.05) is 30.5 Å². The predicted octanol–water partition coefficient (Wildman–Crippen LogP) is 4.80. The van der Waals surface area contributed by atoms with E-state index >= 15 is 0 Å². The highest BCUT2D eigenvalue weighted by molar-refractivity contribution is 7.99. The molecule has 0 aromatic carbocycles. The maximum absolute atomic E-state index is 9.89. The molecule has 36 heavy (non-hydrogen) atoms. The molecule has 0 amide bonds. The number of aliphatic hydroxyl groups is 2. The predicted molar refractivity (Wildman–Crippen MR) is 139 cm³/mol. The number of nitrogens with zero attached hydrogens (tertiary/aromatic N) is 5. The molecule has 1 aliphatic carbocycles. The highest BCUT2D eigenvalue weighted by Crippen LogP contribution is 2.40. The van der Waals surface area contributed by atoms with Gasteiger partial charge >= 0.3 is 0 Å². The van der Waals surface area contributed by atoms with Crippen LogP contribution < -0.4 is 10.1 Å². The van der Waals surface area contributed by atoms with E-state index in [4.69, 9.17) is 4.74 Å². The fourth-order valence-electron chi connectivity index (χ4n) is 3.98. The lowest BCUT2D eigenvalue weighted by molar-refractivity contribution is 0.0928. The lowest BCUT2D eigenvalue weighted by Crippen LogP contribution is -2.17. The van der Waals surface area contributed by atoms with Crippen molar-refractivity contribution in [2.75, 3.05) is 11.9 Å². The van der Waals surface area contributed by atoms with Gasteiger partial charge in [-0.2, -0.15) is 0 Å². The monoisotopic (exact) mass is 522 g/mol. The summed E-state index contributed by atoms with van der Waals surface area (Å²) in [4.78, 5) is 23.1. The molecule has 3 N–H and O–H groups in total. The summed E-state index contributed by atoms with van der Waals surface area (Å²) in [7, 11) is 0. The number of aromatic nitrogens is 5. The summed E-state index contributed by atoms with van der Waals surface area (Å²) < 4.78 is 6.54. The van der Waals surface area contributed by atoms with E-state index < -0.39 is 6.10 Å². The van der Waals surface area contributed by atoms with E-state index in [0.29, 0.717) is 22.4 Å². The van der Waals surface area contributed by atoms with E-state index in [0.717, 1.165) is 41.1 Å². The highest BCUT2D eigenvalue weighted by atomic mass is 32.2. The van der Waals surface area contributed by atoms with Gasteiger partial charge in [-0.05, 0) is 44.4 Å². The molecule has 0 bridgehead atoms. The number of pyridine rings is 2. The van der Waals surface area contributed by atoms with Gasteiger partial charge in [0.1, 0.15) is 18.5 Å². The van der Waals surface area contributed by atoms with Crippen LogP contribution in [0.5, 0.6) is 5.75 Å². The Kier molecular flexibility index (Phi) is 7.71. The molecule has 0 fully saturated rings. The first-order valence-corrected chi connectivity index (χ1v) is 13.4. The van der Waals surface area contributed by atoms with Crippen molar-refractivity contribution in [3.63, 3.8) is 0 Å². The van der Waals surface area contributed by atoms with Gasteiger partial charge in [-0.1, -0.05) is 6.07 Å². The van der Waals surface area contributed by atoms with Gasteiger partial charge in [-0.15, -0.1) is 23.1 Å². The van der Waals surface area contributed by atoms with E-state index in [9.17, 15) is 10.2 Å². The number of ether oxygens (including phenoxy) is 1. The summed E-state index contributed by atoms with van der Waals surface area (Å²) in [6.45, 7) is 1.72. The molecule has 4 aromatic rings. The van der Waals surface area contributed by atoms with Crippen molar-refractivity contribution in [2.24, 2.45) is 0 Å². The first-order valence-electron chi connectivity index (χ1n) is 11.6.